The van der Waals surface area contributed by atoms with Crippen LogP contribution in [0.4, 0.5) is 0 Å². The van der Waals surface area contributed by atoms with Gasteiger partial charge in [0.15, 0.2) is 5.75 Å². The number of hydrogen-bond donors (Lipinski definition) is 1. The number of nitrogens with zero attached hydrogens (tertiary/aromatic N) is 4. The standard InChI is InChI=1S/C20H21BrN4O2/c1-3-4-5-18-17(10-14-6-8-15(21)9-7-14)19(27)25(13(2)24-18)20-22-11-16(26)12-23-20/h6-9,11-12,26H,3-5,10H2,1-2H3. The largest absolute Gasteiger partial charge is 0.505 e. The lowest BCUT2D eigenvalue weighted by molar-refractivity contribution is 0.468. The summed E-state index contributed by atoms with van der Waals surface area (Å²) in [6.07, 6.45) is 5.80. The molecule has 3 aromatic rings. The van der Waals surface area contributed by atoms with Gasteiger partial charge in [-0.1, -0.05) is 41.4 Å². The third kappa shape index (κ3) is 4.42. The maximum absolute atomic E-state index is 13.3. The van der Waals surface area contributed by atoms with Crippen molar-refractivity contribution in [2.24, 2.45) is 0 Å². The van der Waals surface area contributed by atoms with Gasteiger partial charge in [-0.05, 0) is 37.5 Å². The van der Waals surface area contributed by atoms with Gasteiger partial charge >= 0.3 is 0 Å². The Morgan fingerprint density at radius 3 is 2.44 bits per heavy atom. The van der Waals surface area contributed by atoms with E-state index in [2.05, 4.69) is 32.8 Å². The molecule has 0 fully saturated rings. The van der Waals surface area contributed by atoms with Gasteiger partial charge in [0.2, 0.25) is 5.95 Å². The van der Waals surface area contributed by atoms with Gasteiger partial charge in [0.1, 0.15) is 5.82 Å². The number of aromatic nitrogens is 4. The van der Waals surface area contributed by atoms with E-state index in [9.17, 15) is 9.90 Å². The van der Waals surface area contributed by atoms with Gasteiger partial charge < -0.3 is 5.11 Å². The summed E-state index contributed by atoms with van der Waals surface area (Å²) in [7, 11) is 0. The molecule has 0 saturated heterocycles. The van der Waals surface area contributed by atoms with E-state index >= 15 is 0 Å². The molecular formula is C20H21BrN4O2. The van der Waals surface area contributed by atoms with E-state index in [0.717, 1.165) is 35.0 Å². The maximum atomic E-state index is 13.3. The minimum atomic E-state index is -0.165. The molecule has 0 spiro atoms. The Hall–Kier alpha value is -2.54. The maximum Gasteiger partial charge on any atom is 0.264 e. The van der Waals surface area contributed by atoms with Crippen molar-refractivity contribution in [1.29, 1.82) is 0 Å². The van der Waals surface area contributed by atoms with E-state index in [1.807, 2.05) is 24.3 Å². The molecule has 0 unspecified atom stereocenters. The molecule has 0 aliphatic heterocycles. The van der Waals surface area contributed by atoms with Crippen LogP contribution in [-0.2, 0) is 12.8 Å². The summed E-state index contributed by atoms with van der Waals surface area (Å²) in [5.74, 6) is 0.699. The highest BCUT2D eigenvalue weighted by Gasteiger charge is 2.17. The van der Waals surface area contributed by atoms with Crippen molar-refractivity contribution in [3.8, 4) is 11.7 Å². The van der Waals surface area contributed by atoms with Crippen LogP contribution >= 0.6 is 15.9 Å². The topological polar surface area (TPSA) is 80.9 Å². The van der Waals surface area contributed by atoms with E-state index < -0.39 is 0 Å². The summed E-state index contributed by atoms with van der Waals surface area (Å²) in [4.78, 5) is 26.2. The molecule has 0 bridgehead atoms. The van der Waals surface area contributed by atoms with Gasteiger partial charge in [0.25, 0.3) is 5.56 Å². The second-order valence-electron chi connectivity index (χ2n) is 6.37. The highest BCUT2D eigenvalue weighted by Crippen LogP contribution is 2.17. The molecule has 1 aromatic carbocycles. The smallest absolute Gasteiger partial charge is 0.264 e. The minimum absolute atomic E-state index is 0.0490. The highest BCUT2D eigenvalue weighted by molar-refractivity contribution is 9.10. The first kappa shape index (κ1) is 19.2. The Balaban J connectivity index is 2.12. The zero-order chi connectivity index (χ0) is 19.4. The van der Waals surface area contributed by atoms with Crippen LogP contribution in [0.25, 0.3) is 5.95 Å². The quantitative estimate of drug-likeness (QED) is 0.646. The minimum Gasteiger partial charge on any atom is -0.505 e. The summed E-state index contributed by atoms with van der Waals surface area (Å²) >= 11 is 3.44. The van der Waals surface area contributed by atoms with Crippen LogP contribution in [0.5, 0.6) is 5.75 Å². The van der Waals surface area contributed by atoms with Crippen molar-refractivity contribution in [2.75, 3.05) is 0 Å². The molecule has 0 aliphatic carbocycles. The van der Waals surface area contributed by atoms with E-state index in [-0.39, 0.29) is 17.3 Å². The van der Waals surface area contributed by atoms with Crippen molar-refractivity contribution in [1.82, 2.24) is 19.5 Å². The molecule has 3 rings (SSSR count). The lowest BCUT2D eigenvalue weighted by Crippen LogP contribution is -2.29. The van der Waals surface area contributed by atoms with Crippen molar-refractivity contribution < 1.29 is 5.11 Å². The second-order valence-corrected chi connectivity index (χ2v) is 7.29. The summed E-state index contributed by atoms with van der Waals surface area (Å²) in [6.45, 7) is 3.89. The number of unbranched alkanes of at least 4 members (excludes halogenated alkanes) is 1. The number of halogens is 1. The molecule has 0 aliphatic rings. The molecule has 1 N–H and O–H groups in total. The van der Waals surface area contributed by atoms with E-state index in [1.54, 1.807) is 6.92 Å². The summed E-state index contributed by atoms with van der Waals surface area (Å²) < 4.78 is 2.40. The van der Waals surface area contributed by atoms with Crippen LogP contribution in [0, 0.1) is 6.92 Å². The van der Waals surface area contributed by atoms with E-state index in [4.69, 9.17) is 4.98 Å². The summed E-state index contributed by atoms with van der Waals surface area (Å²) in [6, 6.07) is 7.91. The lowest BCUT2D eigenvalue weighted by Gasteiger charge is -2.14. The Morgan fingerprint density at radius 2 is 1.81 bits per heavy atom. The molecule has 27 heavy (non-hydrogen) atoms. The number of benzene rings is 1. The van der Waals surface area contributed by atoms with Crippen LogP contribution in [0.1, 0.15) is 42.4 Å². The van der Waals surface area contributed by atoms with Crippen molar-refractivity contribution in [3.05, 3.63) is 74.1 Å². The molecule has 0 amide bonds. The molecular weight excluding hydrogens is 408 g/mol. The average Bonchev–Trinajstić information content (AvgIpc) is 2.65. The summed E-state index contributed by atoms with van der Waals surface area (Å²) in [5.41, 5.74) is 2.37. The first-order valence-electron chi connectivity index (χ1n) is 8.86. The molecule has 0 saturated carbocycles. The average molecular weight is 429 g/mol. The zero-order valence-electron chi connectivity index (χ0n) is 15.3. The lowest BCUT2D eigenvalue weighted by atomic mass is 10.0. The predicted molar refractivity (Wildman–Crippen MR) is 107 cm³/mol. The van der Waals surface area contributed by atoms with Crippen molar-refractivity contribution >= 4 is 15.9 Å². The first-order chi connectivity index (χ1) is 13.0. The number of rotatable bonds is 6. The Morgan fingerprint density at radius 1 is 1.15 bits per heavy atom. The van der Waals surface area contributed by atoms with Gasteiger partial charge in [0, 0.05) is 16.5 Å². The summed E-state index contributed by atoms with van der Waals surface area (Å²) in [5, 5.41) is 9.42. The van der Waals surface area contributed by atoms with Crippen LogP contribution in [0.3, 0.4) is 0 Å². The molecule has 6 nitrogen and oxygen atoms in total. The fourth-order valence-corrected chi connectivity index (χ4v) is 3.18. The molecule has 140 valence electrons. The monoisotopic (exact) mass is 428 g/mol. The molecule has 2 aromatic heterocycles. The van der Waals surface area contributed by atoms with Gasteiger partial charge in [-0.15, -0.1) is 0 Å². The Labute approximate surface area is 166 Å². The molecule has 0 radical (unpaired) electrons. The van der Waals surface area contributed by atoms with Gasteiger partial charge in [-0.2, -0.15) is 0 Å². The van der Waals surface area contributed by atoms with Gasteiger partial charge in [0.05, 0.1) is 18.1 Å². The van der Waals surface area contributed by atoms with Crippen molar-refractivity contribution in [3.63, 3.8) is 0 Å². The normalized spacial score (nSPS) is 10.9. The number of aryl methyl sites for hydroxylation is 2. The Kier molecular flexibility index (Phi) is 6.01. The van der Waals surface area contributed by atoms with Gasteiger partial charge in [-0.25, -0.2) is 19.5 Å². The van der Waals surface area contributed by atoms with Crippen molar-refractivity contribution in [2.45, 2.75) is 39.5 Å². The second kappa shape index (κ2) is 8.43. The molecule has 2 heterocycles. The number of aromatic hydroxyl groups is 1. The first-order valence-corrected chi connectivity index (χ1v) is 9.66. The number of hydrogen-bond acceptors (Lipinski definition) is 5. The molecule has 0 atom stereocenters. The third-order valence-electron chi connectivity index (χ3n) is 4.32. The predicted octanol–water partition coefficient (Wildman–Crippen LogP) is 3.73. The van der Waals surface area contributed by atoms with Crippen LogP contribution in [0.2, 0.25) is 0 Å². The van der Waals surface area contributed by atoms with E-state index in [1.165, 1.54) is 17.0 Å². The van der Waals surface area contributed by atoms with Crippen LogP contribution in [-0.4, -0.2) is 24.6 Å². The molecule has 7 heteroatoms. The van der Waals surface area contributed by atoms with Crippen LogP contribution in [0.15, 0.2) is 45.9 Å². The zero-order valence-corrected chi connectivity index (χ0v) is 16.9. The SMILES string of the molecule is CCCCc1nc(C)n(-c2ncc(O)cn2)c(=O)c1Cc1ccc(Br)cc1. The highest BCUT2D eigenvalue weighted by atomic mass is 79.9. The van der Waals surface area contributed by atoms with Gasteiger partial charge in [-0.3, -0.25) is 4.79 Å². The Bertz CT molecular complexity index is 983. The third-order valence-corrected chi connectivity index (χ3v) is 4.84. The van der Waals surface area contributed by atoms with Crippen LogP contribution < -0.4 is 5.56 Å². The fourth-order valence-electron chi connectivity index (χ4n) is 2.92. The fraction of sp³-hybridized carbons (Fsp3) is 0.300. The van der Waals surface area contributed by atoms with E-state index in [0.29, 0.717) is 17.8 Å².